The zero-order valence-corrected chi connectivity index (χ0v) is 16.4. The first-order valence-corrected chi connectivity index (χ1v) is 9.53. The lowest BCUT2D eigenvalue weighted by Gasteiger charge is -2.34. The third-order valence-corrected chi connectivity index (χ3v) is 5.24. The fraction of sp³-hybridized carbons (Fsp3) is 0.600. The quantitative estimate of drug-likeness (QED) is 0.756. The number of ether oxygens (including phenoxy) is 2. The number of likely N-dealkylation sites (N-methyl/N-ethyl adjacent to an activating group) is 2. The lowest BCUT2D eigenvalue weighted by Crippen LogP contribution is -2.42. The van der Waals surface area contributed by atoms with E-state index in [0.29, 0.717) is 31.7 Å². The molecule has 0 aliphatic carbocycles. The van der Waals surface area contributed by atoms with Crippen molar-refractivity contribution in [1.82, 2.24) is 9.80 Å². The fourth-order valence-corrected chi connectivity index (χ4v) is 3.58. The smallest absolute Gasteiger partial charge is 0.253 e. The Labute approximate surface area is 160 Å². The van der Waals surface area contributed by atoms with Crippen LogP contribution in [0.4, 0.5) is 5.69 Å². The van der Waals surface area contributed by atoms with Gasteiger partial charge in [-0.2, -0.15) is 0 Å². The number of anilines is 1. The first-order valence-electron chi connectivity index (χ1n) is 9.53. The highest BCUT2D eigenvalue weighted by Crippen LogP contribution is 2.34. The summed E-state index contributed by atoms with van der Waals surface area (Å²) in [5.74, 6) is 0.842. The number of carbonyl (C=O) groups is 2. The molecule has 0 spiro atoms. The van der Waals surface area contributed by atoms with E-state index >= 15 is 0 Å². The predicted octanol–water partition coefficient (Wildman–Crippen LogP) is 1.61. The van der Waals surface area contributed by atoms with Crippen LogP contribution in [0.1, 0.15) is 29.6 Å². The number of methoxy groups -OCH3 is 1. The summed E-state index contributed by atoms with van der Waals surface area (Å²) in [4.78, 5) is 30.6. The molecule has 1 saturated heterocycles. The third kappa shape index (κ3) is 4.53. The number of hydrogen-bond donors (Lipinski definition) is 0. The van der Waals surface area contributed by atoms with E-state index in [4.69, 9.17) is 9.47 Å². The summed E-state index contributed by atoms with van der Waals surface area (Å²) >= 11 is 0. The molecule has 1 aromatic rings. The molecule has 1 fully saturated rings. The lowest BCUT2D eigenvalue weighted by molar-refractivity contribution is -0.132. The van der Waals surface area contributed by atoms with Gasteiger partial charge >= 0.3 is 0 Å². The van der Waals surface area contributed by atoms with Crippen LogP contribution in [0.5, 0.6) is 5.75 Å². The van der Waals surface area contributed by atoms with Gasteiger partial charge in [0, 0.05) is 46.4 Å². The summed E-state index contributed by atoms with van der Waals surface area (Å²) in [6.45, 7) is 3.37. The molecule has 148 valence electrons. The summed E-state index contributed by atoms with van der Waals surface area (Å²) in [5.41, 5.74) is 1.59. The number of nitrogens with zero attached hydrogens (tertiary/aromatic N) is 3. The van der Waals surface area contributed by atoms with Crippen LogP contribution in [0.25, 0.3) is 0 Å². The molecule has 2 amide bonds. The lowest BCUT2D eigenvalue weighted by atomic mass is 10.1. The van der Waals surface area contributed by atoms with Gasteiger partial charge < -0.3 is 24.2 Å². The van der Waals surface area contributed by atoms with Gasteiger partial charge in [-0.25, -0.2) is 0 Å². The second-order valence-corrected chi connectivity index (χ2v) is 7.31. The van der Waals surface area contributed by atoms with Gasteiger partial charge in [0.1, 0.15) is 11.9 Å². The SMILES string of the molecule is COCCN(C)C(=O)CC1CN(C)c2cc(C(=O)N3CCCC3)ccc2O1. The number of hydrogen-bond acceptors (Lipinski definition) is 5. The predicted molar refractivity (Wildman–Crippen MR) is 103 cm³/mol. The van der Waals surface area contributed by atoms with E-state index < -0.39 is 0 Å². The summed E-state index contributed by atoms with van der Waals surface area (Å²) < 4.78 is 11.1. The second kappa shape index (κ2) is 8.61. The highest BCUT2D eigenvalue weighted by Gasteiger charge is 2.28. The normalized spacial score (nSPS) is 18.9. The van der Waals surface area contributed by atoms with Crippen molar-refractivity contribution in [2.45, 2.75) is 25.4 Å². The minimum absolute atomic E-state index is 0.0368. The minimum atomic E-state index is -0.208. The van der Waals surface area contributed by atoms with Crippen LogP contribution < -0.4 is 9.64 Å². The molecule has 0 saturated carbocycles. The maximum absolute atomic E-state index is 12.6. The first-order chi connectivity index (χ1) is 13.0. The molecule has 7 nitrogen and oxygen atoms in total. The van der Waals surface area contributed by atoms with E-state index in [2.05, 4.69) is 4.90 Å². The Morgan fingerprint density at radius 2 is 2.04 bits per heavy atom. The van der Waals surface area contributed by atoms with E-state index in [1.807, 2.05) is 30.1 Å². The third-order valence-electron chi connectivity index (χ3n) is 5.24. The van der Waals surface area contributed by atoms with Gasteiger partial charge in [-0.15, -0.1) is 0 Å². The molecule has 1 unspecified atom stereocenters. The van der Waals surface area contributed by atoms with Crippen LogP contribution in [0.3, 0.4) is 0 Å². The van der Waals surface area contributed by atoms with E-state index in [9.17, 15) is 9.59 Å². The van der Waals surface area contributed by atoms with Crippen molar-refractivity contribution in [2.24, 2.45) is 0 Å². The van der Waals surface area contributed by atoms with E-state index in [-0.39, 0.29) is 17.9 Å². The second-order valence-electron chi connectivity index (χ2n) is 7.31. The van der Waals surface area contributed by atoms with Gasteiger partial charge in [-0.3, -0.25) is 9.59 Å². The van der Waals surface area contributed by atoms with Crippen LogP contribution in [-0.2, 0) is 9.53 Å². The van der Waals surface area contributed by atoms with E-state index in [0.717, 1.165) is 37.4 Å². The molecular weight excluding hydrogens is 346 g/mol. The van der Waals surface area contributed by atoms with Gasteiger partial charge in [0.15, 0.2) is 0 Å². The highest BCUT2D eigenvalue weighted by molar-refractivity contribution is 5.96. The van der Waals surface area contributed by atoms with Crippen LogP contribution in [-0.4, -0.2) is 81.7 Å². The van der Waals surface area contributed by atoms with Crippen molar-refractivity contribution in [1.29, 1.82) is 0 Å². The first kappa shape index (κ1) is 19.5. The van der Waals surface area contributed by atoms with Crippen LogP contribution in [0.2, 0.25) is 0 Å². The van der Waals surface area contributed by atoms with Gasteiger partial charge in [0.05, 0.1) is 25.3 Å². The van der Waals surface area contributed by atoms with Gasteiger partial charge in [-0.1, -0.05) is 0 Å². The number of likely N-dealkylation sites (tertiary alicyclic amines) is 1. The molecule has 2 heterocycles. The monoisotopic (exact) mass is 375 g/mol. The summed E-state index contributed by atoms with van der Waals surface area (Å²) in [5, 5.41) is 0. The zero-order chi connectivity index (χ0) is 19.4. The Morgan fingerprint density at radius 3 is 2.74 bits per heavy atom. The van der Waals surface area contributed by atoms with Crippen molar-refractivity contribution in [3.63, 3.8) is 0 Å². The number of benzene rings is 1. The fourth-order valence-electron chi connectivity index (χ4n) is 3.58. The zero-order valence-electron chi connectivity index (χ0n) is 16.4. The van der Waals surface area contributed by atoms with E-state index in [1.54, 1.807) is 19.1 Å². The molecule has 27 heavy (non-hydrogen) atoms. The molecule has 7 heteroatoms. The van der Waals surface area contributed by atoms with Crippen molar-refractivity contribution in [3.05, 3.63) is 23.8 Å². The molecule has 0 aromatic heterocycles. The van der Waals surface area contributed by atoms with Crippen LogP contribution >= 0.6 is 0 Å². The largest absolute Gasteiger partial charge is 0.486 e. The van der Waals surface area contributed by atoms with Crippen molar-refractivity contribution in [3.8, 4) is 5.75 Å². The number of carbonyl (C=O) groups excluding carboxylic acids is 2. The number of amides is 2. The topological polar surface area (TPSA) is 62.3 Å². The van der Waals surface area contributed by atoms with Crippen molar-refractivity contribution >= 4 is 17.5 Å². The standard InChI is InChI=1S/C20H29N3O4/c1-21(10-11-26-3)19(24)13-16-14-22(2)17-12-15(6-7-18(17)27-16)20(25)23-8-4-5-9-23/h6-7,12,16H,4-5,8-11,13-14H2,1-3H3. The van der Waals surface area contributed by atoms with Crippen LogP contribution in [0.15, 0.2) is 18.2 Å². The van der Waals surface area contributed by atoms with E-state index in [1.165, 1.54) is 0 Å². The highest BCUT2D eigenvalue weighted by atomic mass is 16.5. The molecule has 2 aliphatic heterocycles. The summed E-state index contributed by atoms with van der Waals surface area (Å²) in [6, 6.07) is 5.57. The molecule has 1 aromatic carbocycles. The maximum atomic E-state index is 12.6. The number of rotatable bonds is 6. The molecule has 1 atom stereocenters. The van der Waals surface area contributed by atoms with Gasteiger partial charge in [0.2, 0.25) is 5.91 Å². The number of fused-ring (bicyclic) bond motifs is 1. The summed E-state index contributed by atoms with van der Waals surface area (Å²) in [7, 11) is 5.37. The van der Waals surface area contributed by atoms with Crippen molar-refractivity contribution in [2.75, 3.05) is 58.9 Å². The average Bonchev–Trinajstić information content (AvgIpc) is 3.20. The van der Waals surface area contributed by atoms with Crippen molar-refractivity contribution < 1.29 is 19.1 Å². The van der Waals surface area contributed by atoms with Gasteiger partial charge in [-0.05, 0) is 31.0 Å². The average molecular weight is 375 g/mol. The van der Waals surface area contributed by atoms with Gasteiger partial charge in [0.25, 0.3) is 5.91 Å². The Hall–Kier alpha value is -2.28. The Morgan fingerprint density at radius 1 is 1.30 bits per heavy atom. The molecule has 0 bridgehead atoms. The maximum Gasteiger partial charge on any atom is 0.253 e. The van der Waals surface area contributed by atoms with Crippen LogP contribution in [0, 0.1) is 0 Å². The molecule has 2 aliphatic rings. The molecule has 0 radical (unpaired) electrons. The molecular formula is C20H29N3O4. The molecule has 3 rings (SSSR count). The summed E-state index contributed by atoms with van der Waals surface area (Å²) in [6.07, 6.45) is 2.26. The Balaban J connectivity index is 1.65. The minimum Gasteiger partial charge on any atom is -0.486 e. The Bertz CT molecular complexity index is 688. The molecule has 0 N–H and O–H groups in total. The Kier molecular flexibility index (Phi) is 6.21.